The van der Waals surface area contributed by atoms with E-state index in [1.54, 1.807) is 24.3 Å². The van der Waals surface area contributed by atoms with Crippen molar-refractivity contribution in [1.29, 1.82) is 0 Å². The summed E-state index contributed by atoms with van der Waals surface area (Å²) in [5.74, 6) is -0.490. The molecule has 0 unspecified atom stereocenters. The van der Waals surface area contributed by atoms with Crippen LogP contribution in [0.25, 0.3) is 6.08 Å². The Morgan fingerprint density at radius 1 is 1.03 bits per heavy atom. The number of carbonyl (C=O) groups is 3. The van der Waals surface area contributed by atoms with Crippen molar-refractivity contribution in [2.75, 3.05) is 18.6 Å². The lowest BCUT2D eigenvalue weighted by Crippen LogP contribution is -2.54. The van der Waals surface area contributed by atoms with Crippen LogP contribution in [0.1, 0.15) is 51.0 Å². The first-order valence-corrected chi connectivity index (χ1v) is 12.7. The molecule has 0 bridgehead atoms. The van der Waals surface area contributed by atoms with Gasteiger partial charge in [0.1, 0.15) is 5.57 Å². The summed E-state index contributed by atoms with van der Waals surface area (Å²) in [6.07, 6.45) is 8.35. The minimum atomic E-state index is -0.823. The molecule has 186 valence electrons. The van der Waals surface area contributed by atoms with E-state index in [9.17, 15) is 14.4 Å². The van der Waals surface area contributed by atoms with Crippen LogP contribution in [0.3, 0.4) is 0 Å². The lowest BCUT2D eigenvalue weighted by Gasteiger charge is -2.26. The van der Waals surface area contributed by atoms with E-state index in [1.165, 1.54) is 51.0 Å². The molecule has 1 fully saturated rings. The Hall–Kier alpha value is -2.84. The molecule has 0 atom stereocenters. The first-order valence-electron chi connectivity index (χ1n) is 11.5. The van der Waals surface area contributed by atoms with E-state index in [1.807, 2.05) is 0 Å². The van der Waals surface area contributed by atoms with Crippen molar-refractivity contribution in [2.45, 2.75) is 45.4 Å². The van der Waals surface area contributed by atoms with Gasteiger partial charge < -0.3 is 9.47 Å². The largest absolute Gasteiger partial charge is 0.493 e. The predicted molar refractivity (Wildman–Crippen MR) is 140 cm³/mol. The molecule has 1 saturated heterocycles. The summed E-state index contributed by atoms with van der Waals surface area (Å²) >= 11 is 9.41. The van der Waals surface area contributed by atoms with Crippen LogP contribution in [0, 0.1) is 0 Å². The van der Waals surface area contributed by atoms with Crippen LogP contribution in [0.4, 0.5) is 10.5 Å². The van der Waals surface area contributed by atoms with E-state index in [0.29, 0.717) is 38.9 Å². The number of amides is 4. The summed E-state index contributed by atoms with van der Waals surface area (Å²) in [6, 6.07) is 8.77. The van der Waals surface area contributed by atoms with Crippen LogP contribution in [-0.4, -0.2) is 31.6 Å². The number of methoxy groups -OCH3 is 1. The first-order chi connectivity index (χ1) is 16.8. The van der Waals surface area contributed by atoms with Gasteiger partial charge in [-0.25, -0.2) is 9.69 Å². The third kappa shape index (κ3) is 6.86. The van der Waals surface area contributed by atoms with Crippen molar-refractivity contribution in [3.63, 3.8) is 0 Å². The molecule has 2 aromatic rings. The topological polar surface area (TPSA) is 84.9 Å². The fourth-order valence-electron chi connectivity index (χ4n) is 3.67. The summed E-state index contributed by atoms with van der Waals surface area (Å²) in [6.45, 7) is 2.75. The van der Waals surface area contributed by atoms with E-state index in [4.69, 9.17) is 21.1 Å². The van der Waals surface area contributed by atoms with E-state index >= 15 is 0 Å². The van der Waals surface area contributed by atoms with E-state index < -0.39 is 17.8 Å². The highest BCUT2D eigenvalue weighted by atomic mass is 79.9. The summed E-state index contributed by atoms with van der Waals surface area (Å²) < 4.78 is 12.1. The molecule has 1 heterocycles. The van der Waals surface area contributed by atoms with Crippen LogP contribution < -0.4 is 19.7 Å². The number of urea groups is 1. The smallest absolute Gasteiger partial charge is 0.335 e. The minimum Gasteiger partial charge on any atom is -0.493 e. The van der Waals surface area contributed by atoms with Gasteiger partial charge in [-0.3, -0.25) is 14.9 Å². The van der Waals surface area contributed by atoms with Gasteiger partial charge >= 0.3 is 6.03 Å². The molecule has 0 spiro atoms. The van der Waals surface area contributed by atoms with Crippen molar-refractivity contribution in [3.8, 4) is 11.5 Å². The van der Waals surface area contributed by atoms with Gasteiger partial charge in [-0.1, -0.05) is 50.6 Å². The molecule has 0 saturated carbocycles. The minimum absolute atomic E-state index is 0.186. The monoisotopic (exact) mass is 562 g/mol. The Morgan fingerprint density at radius 3 is 2.40 bits per heavy atom. The Kier molecular flexibility index (Phi) is 9.74. The van der Waals surface area contributed by atoms with Crippen LogP contribution in [0.2, 0.25) is 5.02 Å². The van der Waals surface area contributed by atoms with Crippen molar-refractivity contribution in [1.82, 2.24) is 5.32 Å². The third-order valence-corrected chi connectivity index (χ3v) is 6.33. The number of nitrogens with zero attached hydrogens (tertiary/aromatic N) is 1. The van der Waals surface area contributed by atoms with E-state index in [2.05, 4.69) is 28.2 Å². The molecule has 35 heavy (non-hydrogen) atoms. The number of nitrogens with one attached hydrogen (secondary N) is 1. The predicted octanol–water partition coefficient (Wildman–Crippen LogP) is 6.52. The second-order valence-corrected chi connectivity index (χ2v) is 9.38. The maximum atomic E-state index is 13.1. The normalized spacial score (nSPS) is 14.9. The number of hydrogen-bond acceptors (Lipinski definition) is 5. The highest BCUT2D eigenvalue weighted by Crippen LogP contribution is 2.37. The molecule has 0 radical (unpaired) electrons. The number of benzene rings is 2. The molecule has 0 aromatic heterocycles. The average Bonchev–Trinajstić information content (AvgIpc) is 2.83. The standard InChI is InChI=1S/C26H28BrClN2O5/c1-3-4-5-6-7-8-13-35-23-21(27)15-17(16-22(23)34-2)14-20-24(31)29-26(33)30(25(20)32)19-11-9-18(28)10-12-19/h9-12,14-16H,3-8,13H2,1-2H3,(H,29,31,33)/b20-14-. The fourth-order valence-corrected chi connectivity index (χ4v) is 4.37. The molecular weight excluding hydrogens is 536 g/mol. The number of halogens is 2. The summed E-state index contributed by atoms with van der Waals surface area (Å²) in [5, 5.41) is 2.67. The van der Waals surface area contributed by atoms with Crippen molar-refractivity contribution >= 4 is 57.1 Å². The zero-order chi connectivity index (χ0) is 25.4. The van der Waals surface area contributed by atoms with Crippen LogP contribution in [0.15, 0.2) is 46.4 Å². The molecule has 4 amide bonds. The number of imide groups is 2. The third-order valence-electron chi connectivity index (χ3n) is 5.49. The zero-order valence-corrected chi connectivity index (χ0v) is 22.1. The number of carbonyl (C=O) groups excluding carboxylic acids is 3. The van der Waals surface area contributed by atoms with Crippen molar-refractivity contribution in [2.24, 2.45) is 0 Å². The average molecular weight is 564 g/mol. The van der Waals surface area contributed by atoms with Gasteiger partial charge in [0.2, 0.25) is 0 Å². The quantitative estimate of drug-likeness (QED) is 0.191. The number of anilines is 1. The zero-order valence-electron chi connectivity index (χ0n) is 19.7. The molecular formula is C26H28BrClN2O5. The van der Waals surface area contributed by atoms with Crippen molar-refractivity contribution < 1.29 is 23.9 Å². The Labute approximate surface area is 218 Å². The lowest BCUT2D eigenvalue weighted by atomic mass is 10.1. The van der Waals surface area contributed by atoms with Crippen LogP contribution in [-0.2, 0) is 9.59 Å². The van der Waals surface area contributed by atoms with Gasteiger partial charge in [-0.05, 0) is 70.4 Å². The lowest BCUT2D eigenvalue weighted by molar-refractivity contribution is -0.122. The molecule has 7 nitrogen and oxygen atoms in total. The van der Waals surface area contributed by atoms with Crippen molar-refractivity contribution in [3.05, 3.63) is 57.0 Å². The molecule has 1 aliphatic heterocycles. The van der Waals surface area contributed by atoms with E-state index in [0.717, 1.165) is 17.7 Å². The Morgan fingerprint density at radius 2 is 1.71 bits per heavy atom. The molecule has 0 aliphatic carbocycles. The molecule has 9 heteroatoms. The summed E-state index contributed by atoms with van der Waals surface area (Å²) in [4.78, 5) is 38.8. The highest BCUT2D eigenvalue weighted by Gasteiger charge is 2.36. The number of hydrogen-bond donors (Lipinski definition) is 1. The fraction of sp³-hybridized carbons (Fsp3) is 0.346. The molecule has 1 aliphatic rings. The molecule has 1 N–H and O–H groups in total. The SMILES string of the molecule is CCCCCCCCOc1c(Br)cc(/C=C2/C(=O)NC(=O)N(c3ccc(Cl)cc3)C2=O)cc1OC. The van der Waals surface area contributed by atoms with Gasteiger partial charge in [0.05, 0.1) is 23.9 Å². The Balaban J connectivity index is 1.78. The number of barbiturate groups is 1. The van der Waals surface area contributed by atoms with Gasteiger partial charge in [-0.15, -0.1) is 0 Å². The Bertz CT molecular complexity index is 1120. The van der Waals surface area contributed by atoms with Crippen LogP contribution >= 0.6 is 27.5 Å². The van der Waals surface area contributed by atoms with Gasteiger partial charge in [0, 0.05) is 5.02 Å². The second-order valence-electron chi connectivity index (χ2n) is 8.08. The maximum absolute atomic E-state index is 13.1. The maximum Gasteiger partial charge on any atom is 0.335 e. The number of unbranched alkanes of at least 4 members (excludes halogenated alkanes) is 5. The molecule has 3 rings (SSSR count). The second kappa shape index (κ2) is 12.7. The summed E-state index contributed by atoms with van der Waals surface area (Å²) in [5.41, 5.74) is 0.645. The van der Waals surface area contributed by atoms with E-state index in [-0.39, 0.29) is 5.57 Å². The number of ether oxygens (including phenoxy) is 2. The van der Waals surface area contributed by atoms with Crippen LogP contribution in [0.5, 0.6) is 11.5 Å². The highest BCUT2D eigenvalue weighted by molar-refractivity contribution is 9.10. The van der Waals surface area contributed by atoms with Gasteiger partial charge in [0.15, 0.2) is 11.5 Å². The van der Waals surface area contributed by atoms with Gasteiger partial charge in [0.25, 0.3) is 11.8 Å². The van der Waals surface area contributed by atoms with Gasteiger partial charge in [-0.2, -0.15) is 0 Å². The first kappa shape index (κ1) is 26.8. The molecule has 2 aromatic carbocycles. The summed E-state index contributed by atoms with van der Waals surface area (Å²) in [7, 11) is 1.52. The number of rotatable bonds is 11.